The molecule has 1 N–H and O–H groups in total. The number of hydrogen-bond acceptors (Lipinski definition) is 4. The number of likely N-dealkylation sites (tertiary alicyclic amines) is 1. The third-order valence-corrected chi connectivity index (χ3v) is 7.11. The van der Waals surface area contributed by atoms with Gasteiger partial charge in [-0.05, 0) is 107 Å². The molecule has 2 heterocycles. The SMILES string of the molecule is Cc1cccc2c1nc(COc1ccc(Cl)cc1)n2CCC(C)CNCCCN1CCCCC1.Cl.Cl.Cl. The molecule has 1 atom stereocenters. The number of fused-ring (bicyclic) bond motifs is 1. The Balaban J connectivity index is 0.00000228. The molecule has 4 rings (SSSR count). The van der Waals surface area contributed by atoms with Crippen LogP contribution in [0.4, 0.5) is 0 Å². The zero-order valence-corrected chi connectivity index (χ0v) is 25.2. The molecule has 1 fully saturated rings. The van der Waals surface area contributed by atoms with E-state index in [9.17, 15) is 0 Å². The highest BCUT2D eigenvalue weighted by Gasteiger charge is 2.14. The van der Waals surface area contributed by atoms with Crippen LogP contribution in [0.15, 0.2) is 42.5 Å². The van der Waals surface area contributed by atoms with Crippen molar-refractivity contribution < 1.29 is 4.74 Å². The maximum absolute atomic E-state index is 6.05. The van der Waals surface area contributed by atoms with Gasteiger partial charge in [0, 0.05) is 11.6 Å². The standard InChI is InChI=1S/C28H39ClN4O.3ClH/c1-22(20-30-15-7-18-32-16-4-3-5-17-32)14-19-33-26-9-6-8-23(2)28(26)31-27(33)21-34-25-12-10-24(29)11-13-25;;;/h6,8-13,22,30H,3-5,7,14-21H2,1-2H3;3*1H. The molecule has 1 aliphatic heterocycles. The van der Waals surface area contributed by atoms with Gasteiger partial charge in [-0.25, -0.2) is 4.98 Å². The summed E-state index contributed by atoms with van der Waals surface area (Å²) < 4.78 is 8.39. The molecule has 1 aromatic heterocycles. The minimum absolute atomic E-state index is 0. The number of benzene rings is 2. The summed E-state index contributed by atoms with van der Waals surface area (Å²) in [6.45, 7) is 11.8. The van der Waals surface area contributed by atoms with E-state index in [1.54, 1.807) is 0 Å². The largest absolute Gasteiger partial charge is 0.486 e. The van der Waals surface area contributed by atoms with Crippen LogP contribution in [-0.2, 0) is 13.2 Å². The van der Waals surface area contributed by atoms with Crippen LogP contribution in [-0.4, -0.2) is 47.2 Å². The fraction of sp³-hybridized carbons (Fsp3) is 0.536. The van der Waals surface area contributed by atoms with Gasteiger partial charge in [-0.15, -0.1) is 37.2 Å². The number of piperidine rings is 1. The Morgan fingerprint density at radius 2 is 1.73 bits per heavy atom. The van der Waals surface area contributed by atoms with Crippen LogP contribution in [0.2, 0.25) is 5.02 Å². The predicted molar refractivity (Wildman–Crippen MR) is 164 cm³/mol. The monoisotopic (exact) mass is 590 g/mol. The number of ether oxygens (including phenoxy) is 1. The lowest BCUT2D eigenvalue weighted by Crippen LogP contribution is -2.32. The van der Waals surface area contributed by atoms with Crippen molar-refractivity contribution in [1.29, 1.82) is 0 Å². The number of nitrogens with one attached hydrogen (secondary N) is 1. The molecule has 37 heavy (non-hydrogen) atoms. The first kappa shape index (κ1) is 33.8. The van der Waals surface area contributed by atoms with E-state index in [1.165, 1.54) is 56.4 Å². The lowest BCUT2D eigenvalue weighted by atomic mass is 10.1. The van der Waals surface area contributed by atoms with Crippen molar-refractivity contribution in [2.45, 2.75) is 59.1 Å². The van der Waals surface area contributed by atoms with Crippen molar-refractivity contribution in [2.75, 3.05) is 32.7 Å². The zero-order valence-electron chi connectivity index (χ0n) is 22.0. The average Bonchev–Trinajstić information content (AvgIpc) is 3.21. The first-order valence-electron chi connectivity index (χ1n) is 12.9. The van der Waals surface area contributed by atoms with Crippen molar-refractivity contribution >= 4 is 59.9 Å². The summed E-state index contributed by atoms with van der Waals surface area (Å²) in [5, 5.41) is 4.39. The summed E-state index contributed by atoms with van der Waals surface area (Å²) in [7, 11) is 0. The highest BCUT2D eigenvalue weighted by molar-refractivity contribution is 6.30. The van der Waals surface area contributed by atoms with E-state index in [1.807, 2.05) is 24.3 Å². The molecule has 1 aliphatic rings. The molecular formula is C28H42Cl4N4O. The van der Waals surface area contributed by atoms with Crippen molar-refractivity contribution in [3.8, 4) is 5.75 Å². The van der Waals surface area contributed by atoms with Crippen LogP contribution in [0, 0.1) is 12.8 Å². The number of hydrogen-bond donors (Lipinski definition) is 1. The van der Waals surface area contributed by atoms with Crippen molar-refractivity contribution in [2.24, 2.45) is 5.92 Å². The molecule has 0 radical (unpaired) electrons. The van der Waals surface area contributed by atoms with E-state index < -0.39 is 0 Å². The Morgan fingerprint density at radius 1 is 1.00 bits per heavy atom. The molecule has 0 saturated carbocycles. The van der Waals surface area contributed by atoms with E-state index in [0.717, 1.165) is 43.1 Å². The van der Waals surface area contributed by atoms with Gasteiger partial charge in [0.1, 0.15) is 18.2 Å². The minimum atomic E-state index is 0. The third kappa shape index (κ3) is 10.1. The Bertz CT molecular complexity index is 1040. The molecule has 3 aromatic rings. The lowest BCUT2D eigenvalue weighted by Gasteiger charge is -2.26. The van der Waals surface area contributed by atoms with Crippen LogP contribution >= 0.6 is 48.8 Å². The van der Waals surface area contributed by atoms with Crippen LogP contribution in [0.25, 0.3) is 11.0 Å². The summed E-state index contributed by atoms with van der Waals surface area (Å²) in [6.07, 6.45) is 6.50. The first-order chi connectivity index (χ1) is 16.6. The van der Waals surface area contributed by atoms with Gasteiger partial charge in [-0.1, -0.05) is 37.1 Å². The van der Waals surface area contributed by atoms with Gasteiger partial charge in [0.15, 0.2) is 0 Å². The van der Waals surface area contributed by atoms with E-state index in [4.69, 9.17) is 21.3 Å². The van der Waals surface area contributed by atoms with Crippen molar-refractivity contribution in [3.05, 3.63) is 58.9 Å². The molecule has 5 nitrogen and oxygen atoms in total. The van der Waals surface area contributed by atoms with Crippen LogP contribution in [0.1, 0.15) is 50.4 Å². The number of nitrogens with zero attached hydrogens (tertiary/aromatic N) is 3. The number of rotatable bonds is 12. The Kier molecular flexibility index (Phi) is 15.9. The second-order valence-corrected chi connectivity index (χ2v) is 10.2. The quantitative estimate of drug-likeness (QED) is 0.224. The van der Waals surface area contributed by atoms with Gasteiger partial charge in [-0.3, -0.25) is 0 Å². The Morgan fingerprint density at radius 3 is 2.46 bits per heavy atom. The number of aryl methyl sites for hydroxylation is 2. The molecule has 208 valence electrons. The molecule has 0 amide bonds. The number of para-hydroxylation sites is 1. The van der Waals surface area contributed by atoms with Gasteiger partial charge in [0.25, 0.3) is 0 Å². The van der Waals surface area contributed by atoms with Crippen LogP contribution in [0.5, 0.6) is 5.75 Å². The second-order valence-electron chi connectivity index (χ2n) is 9.72. The summed E-state index contributed by atoms with van der Waals surface area (Å²) in [5.74, 6) is 2.38. The van der Waals surface area contributed by atoms with Gasteiger partial charge < -0.3 is 19.5 Å². The zero-order chi connectivity index (χ0) is 23.8. The molecule has 0 spiro atoms. The first-order valence-corrected chi connectivity index (χ1v) is 13.2. The summed E-state index contributed by atoms with van der Waals surface area (Å²) in [6, 6.07) is 13.9. The topological polar surface area (TPSA) is 42.3 Å². The molecule has 1 unspecified atom stereocenters. The normalized spacial score (nSPS) is 14.4. The number of aromatic nitrogens is 2. The van der Waals surface area contributed by atoms with Crippen LogP contribution in [0.3, 0.4) is 0 Å². The summed E-state index contributed by atoms with van der Waals surface area (Å²) in [4.78, 5) is 7.56. The second kappa shape index (κ2) is 17.4. The van der Waals surface area contributed by atoms with Crippen LogP contribution < -0.4 is 10.1 Å². The van der Waals surface area contributed by atoms with E-state index in [-0.39, 0.29) is 37.2 Å². The summed E-state index contributed by atoms with van der Waals surface area (Å²) in [5.41, 5.74) is 3.46. The van der Waals surface area contributed by atoms with Crippen molar-refractivity contribution in [1.82, 2.24) is 19.8 Å². The van der Waals surface area contributed by atoms with E-state index in [0.29, 0.717) is 17.5 Å². The van der Waals surface area contributed by atoms with Gasteiger partial charge in [0.2, 0.25) is 0 Å². The highest BCUT2D eigenvalue weighted by Crippen LogP contribution is 2.23. The van der Waals surface area contributed by atoms with Gasteiger partial charge >= 0.3 is 0 Å². The van der Waals surface area contributed by atoms with Crippen molar-refractivity contribution in [3.63, 3.8) is 0 Å². The maximum atomic E-state index is 6.05. The van der Waals surface area contributed by atoms with Gasteiger partial charge in [-0.2, -0.15) is 0 Å². The fourth-order valence-electron chi connectivity index (χ4n) is 4.78. The Hall–Kier alpha value is -1.21. The van der Waals surface area contributed by atoms with E-state index in [2.05, 4.69) is 46.8 Å². The number of imidazole rings is 1. The van der Waals surface area contributed by atoms with E-state index >= 15 is 0 Å². The maximum Gasteiger partial charge on any atom is 0.148 e. The summed E-state index contributed by atoms with van der Waals surface area (Å²) >= 11 is 6.01. The number of halogens is 4. The molecule has 2 aromatic carbocycles. The molecule has 0 bridgehead atoms. The average molecular weight is 592 g/mol. The molecule has 0 aliphatic carbocycles. The third-order valence-electron chi connectivity index (χ3n) is 6.86. The minimum Gasteiger partial charge on any atom is -0.486 e. The predicted octanol–water partition coefficient (Wildman–Crippen LogP) is 7.33. The van der Waals surface area contributed by atoms with Gasteiger partial charge in [0.05, 0.1) is 11.0 Å². The lowest BCUT2D eigenvalue weighted by molar-refractivity contribution is 0.225. The smallest absolute Gasteiger partial charge is 0.148 e. The highest BCUT2D eigenvalue weighted by atomic mass is 35.5. The molecule has 1 saturated heterocycles. The Labute approximate surface area is 245 Å². The fourth-order valence-corrected chi connectivity index (χ4v) is 4.91. The molecule has 9 heteroatoms. The molecular weight excluding hydrogens is 550 g/mol.